The SMILES string of the molecule is N#Cc1cc2c(=O)n(CCS(=O)(=O)N3CCCC3)ccc2[nH]c1=O. The van der Waals surface area contributed by atoms with Crippen LogP contribution in [0.25, 0.3) is 10.9 Å². The molecule has 1 aliphatic heterocycles. The third-order valence-corrected chi connectivity index (χ3v) is 6.00. The Labute approximate surface area is 138 Å². The summed E-state index contributed by atoms with van der Waals surface area (Å²) in [5.74, 6) is -0.160. The van der Waals surface area contributed by atoms with Gasteiger partial charge in [0.15, 0.2) is 0 Å². The van der Waals surface area contributed by atoms with E-state index < -0.39 is 21.1 Å². The van der Waals surface area contributed by atoms with Crippen LogP contribution < -0.4 is 11.1 Å². The highest BCUT2D eigenvalue weighted by molar-refractivity contribution is 7.89. The molecule has 1 aliphatic rings. The first-order chi connectivity index (χ1) is 11.4. The molecule has 0 unspecified atom stereocenters. The molecule has 8 nitrogen and oxygen atoms in total. The number of hydrogen-bond donors (Lipinski definition) is 1. The molecule has 2 aromatic rings. The molecule has 1 N–H and O–H groups in total. The predicted octanol–water partition coefficient (Wildman–Crippen LogP) is -0.0129. The van der Waals surface area contributed by atoms with Gasteiger partial charge in [-0.3, -0.25) is 9.59 Å². The number of nitriles is 1. The number of H-pyrrole nitrogens is 1. The summed E-state index contributed by atoms with van der Waals surface area (Å²) in [7, 11) is -3.38. The van der Waals surface area contributed by atoms with Crippen LogP contribution in [0, 0.1) is 11.3 Å². The zero-order valence-corrected chi connectivity index (χ0v) is 13.7. The van der Waals surface area contributed by atoms with Gasteiger partial charge >= 0.3 is 0 Å². The molecule has 126 valence electrons. The van der Waals surface area contributed by atoms with Crippen LogP contribution in [-0.2, 0) is 16.6 Å². The van der Waals surface area contributed by atoms with Gasteiger partial charge < -0.3 is 9.55 Å². The topological polar surface area (TPSA) is 116 Å². The molecule has 0 aromatic carbocycles. The average molecular weight is 348 g/mol. The van der Waals surface area contributed by atoms with Crippen LogP contribution in [0.1, 0.15) is 18.4 Å². The fourth-order valence-electron chi connectivity index (χ4n) is 2.81. The average Bonchev–Trinajstić information content (AvgIpc) is 3.09. The van der Waals surface area contributed by atoms with Gasteiger partial charge in [-0.1, -0.05) is 0 Å². The van der Waals surface area contributed by atoms with Gasteiger partial charge in [-0.05, 0) is 25.0 Å². The van der Waals surface area contributed by atoms with E-state index in [0.717, 1.165) is 12.8 Å². The van der Waals surface area contributed by atoms with Gasteiger partial charge in [-0.2, -0.15) is 5.26 Å². The summed E-state index contributed by atoms with van der Waals surface area (Å²) in [6.07, 6.45) is 3.17. The van der Waals surface area contributed by atoms with Gasteiger partial charge in [-0.25, -0.2) is 12.7 Å². The first-order valence-electron chi connectivity index (χ1n) is 7.57. The number of sulfonamides is 1. The van der Waals surface area contributed by atoms with Gasteiger partial charge in [0.2, 0.25) is 10.0 Å². The maximum Gasteiger partial charge on any atom is 0.266 e. The summed E-state index contributed by atoms with van der Waals surface area (Å²) in [6.45, 7) is 1.08. The van der Waals surface area contributed by atoms with E-state index >= 15 is 0 Å². The van der Waals surface area contributed by atoms with E-state index in [2.05, 4.69) is 4.98 Å². The van der Waals surface area contributed by atoms with Crippen LogP contribution in [0.4, 0.5) is 0 Å². The Bertz CT molecular complexity index is 1040. The zero-order chi connectivity index (χ0) is 17.3. The molecule has 3 rings (SSSR count). The second kappa shape index (κ2) is 6.22. The molecule has 1 fully saturated rings. The second-order valence-corrected chi connectivity index (χ2v) is 7.78. The standard InChI is InChI=1S/C15H16N4O4S/c16-10-11-9-12-13(17-14(11)20)3-6-18(15(12)21)7-8-24(22,23)19-4-1-2-5-19/h3,6,9H,1-2,4-5,7-8H2,(H,17,20). The number of nitrogens with one attached hydrogen (secondary N) is 1. The lowest BCUT2D eigenvalue weighted by Gasteiger charge is -2.16. The summed E-state index contributed by atoms with van der Waals surface area (Å²) in [5, 5.41) is 9.09. The largest absolute Gasteiger partial charge is 0.321 e. The quantitative estimate of drug-likeness (QED) is 0.834. The number of fused-ring (bicyclic) bond motifs is 1. The van der Waals surface area contributed by atoms with Gasteiger partial charge in [0.05, 0.1) is 16.7 Å². The van der Waals surface area contributed by atoms with Crippen molar-refractivity contribution in [2.45, 2.75) is 19.4 Å². The second-order valence-electron chi connectivity index (χ2n) is 5.69. The van der Waals surface area contributed by atoms with Crippen molar-refractivity contribution in [2.24, 2.45) is 0 Å². The van der Waals surface area contributed by atoms with Crippen molar-refractivity contribution in [1.29, 1.82) is 5.26 Å². The maximum atomic E-state index is 12.5. The van der Waals surface area contributed by atoms with Crippen LogP contribution in [0.15, 0.2) is 27.9 Å². The Balaban J connectivity index is 1.92. The third-order valence-electron chi connectivity index (χ3n) is 4.15. The van der Waals surface area contributed by atoms with Crippen molar-refractivity contribution in [3.63, 3.8) is 0 Å². The molecular formula is C15H16N4O4S. The summed E-state index contributed by atoms with van der Waals surface area (Å²) in [4.78, 5) is 26.5. The highest BCUT2D eigenvalue weighted by Crippen LogP contribution is 2.13. The Morgan fingerprint density at radius 2 is 1.96 bits per heavy atom. The summed E-state index contributed by atoms with van der Waals surface area (Å²) < 4.78 is 27.2. The smallest absolute Gasteiger partial charge is 0.266 e. The van der Waals surface area contributed by atoms with Crippen molar-refractivity contribution in [2.75, 3.05) is 18.8 Å². The highest BCUT2D eigenvalue weighted by Gasteiger charge is 2.25. The van der Waals surface area contributed by atoms with Crippen LogP contribution >= 0.6 is 0 Å². The van der Waals surface area contributed by atoms with E-state index in [0.29, 0.717) is 18.6 Å². The van der Waals surface area contributed by atoms with Crippen molar-refractivity contribution >= 4 is 20.9 Å². The minimum atomic E-state index is -3.38. The number of hydrogen-bond acceptors (Lipinski definition) is 5. The maximum absolute atomic E-state index is 12.5. The van der Waals surface area contributed by atoms with Crippen molar-refractivity contribution in [3.05, 3.63) is 44.6 Å². The number of rotatable bonds is 4. The van der Waals surface area contributed by atoms with E-state index in [4.69, 9.17) is 5.26 Å². The van der Waals surface area contributed by atoms with Crippen LogP contribution in [0.2, 0.25) is 0 Å². The molecular weight excluding hydrogens is 332 g/mol. The van der Waals surface area contributed by atoms with Crippen LogP contribution in [0.3, 0.4) is 0 Å². The lowest BCUT2D eigenvalue weighted by molar-refractivity contribution is 0.473. The summed E-state index contributed by atoms with van der Waals surface area (Å²) in [5.41, 5.74) is -0.819. The third kappa shape index (κ3) is 2.98. The molecule has 24 heavy (non-hydrogen) atoms. The summed E-state index contributed by atoms with van der Waals surface area (Å²) >= 11 is 0. The normalized spacial score (nSPS) is 15.6. The van der Waals surface area contributed by atoms with Crippen molar-refractivity contribution in [1.82, 2.24) is 13.9 Å². The minimum Gasteiger partial charge on any atom is -0.321 e. The first kappa shape index (κ1) is 16.4. The molecule has 0 bridgehead atoms. The van der Waals surface area contributed by atoms with Gasteiger partial charge in [0.25, 0.3) is 11.1 Å². The Morgan fingerprint density at radius 1 is 1.25 bits per heavy atom. The number of aryl methyl sites for hydroxylation is 1. The molecule has 0 radical (unpaired) electrons. The highest BCUT2D eigenvalue weighted by atomic mass is 32.2. The van der Waals surface area contributed by atoms with Crippen molar-refractivity contribution in [3.8, 4) is 6.07 Å². The van der Waals surface area contributed by atoms with E-state index in [1.165, 1.54) is 27.2 Å². The number of aromatic nitrogens is 2. The number of aromatic amines is 1. The monoisotopic (exact) mass is 348 g/mol. The van der Waals surface area contributed by atoms with Crippen molar-refractivity contribution < 1.29 is 8.42 Å². The molecule has 0 aliphatic carbocycles. The minimum absolute atomic E-state index is 0.0224. The van der Waals surface area contributed by atoms with Crippen LogP contribution in [-0.4, -0.2) is 41.1 Å². The summed E-state index contributed by atoms with van der Waals surface area (Å²) in [6, 6.07) is 4.50. The van der Waals surface area contributed by atoms with E-state index in [-0.39, 0.29) is 23.2 Å². The fraction of sp³-hybridized carbons (Fsp3) is 0.400. The zero-order valence-electron chi connectivity index (χ0n) is 12.9. The molecule has 2 aromatic heterocycles. The lowest BCUT2D eigenvalue weighted by atomic mass is 10.2. The fourth-order valence-corrected chi connectivity index (χ4v) is 4.31. The molecule has 0 spiro atoms. The molecule has 0 saturated carbocycles. The molecule has 1 saturated heterocycles. The van der Waals surface area contributed by atoms with Gasteiger partial charge in [-0.15, -0.1) is 0 Å². The van der Waals surface area contributed by atoms with E-state index in [1.807, 2.05) is 0 Å². The first-order valence-corrected chi connectivity index (χ1v) is 9.18. The number of pyridine rings is 2. The Hall–Kier alpha value is -2.44. The lowest BCUT2D eigenvalue weighted by Crippen LogP contribution is -2.33. The van der Waals surface area contributed by atoms with Gasteiger partial charge in [0.1, 0.15) is 11.6 Å². The van der Waals surface area contributed by atoms with E-state index in [1.54, 1.807) is 6.07 Å². The molecule has 9 heteroatoms. The van der Waals surface area contributed by atoms with Crippen LogP contribution in [0.5, 0.6) is 0 Å². The molecule has 0 amide bonds. The molecule has 0 atom stereocenters. The molecule has 3 heterocycles. The Morgan fingerprint density at radius 3 is 2.62 bits per heavy atom. The Kier molecular flexibility index (Phi) is 4.26. The van der Waals surface area contributed by atoms with E-state index in [9.17, 15) is 18.0 Å². The number of nitrogens with zero attached hydrogens (tertiary/aromatic N) is 3. The predicted molar refractivity (Wildman–Crippen MR) is 88.1 cm³/mol. The van der Waals surface area contributed by atoms with Gasteiger partial charge in [0, 0.05) is 25.8 Å².